The number of carbonyl (C=O) groups excluding carboxylic acids is 4. The highest BCUT2D eigenvalue weighted by Crippen LogP contribution is 2.62. The lowest BCUT2D eigenvalue weighted by molar-refractivity contribution is -0.201. The molecule has 0 aromatic carbocycles. The number of nitrogen functional groups attached to an aromatic ring is 2. The van der Waals surface area contributed by atoms with Crippen LogP contribution in [0.25, 0.3) is 0 Å². The molecule has 6 rings (SSSR count). The van der Waals surface area contributed by atoms with E-state index in [4.69, 9.17) is 30.4 Å². The monoisotopic (exact) mass is 852 g/mol. The predicted octanol–water partition coefficient (Wildman–Crippen LogP) is 4.99. The number of anilines is 2. The Bertz CT molecular complexity index is 1910. The van der Waals surface area contributed by atoms with E-state index in [9.17, 15) is 37.5 Å². The van der Waals surface area contributed by atoms with Gasteiger partial charge in [0.2, 0.25) is 9.87 Å². The Hall–Kier alpha value is -3.88. The Labute approximate surface area is 341 Å². The Kier molecular flexibility index (Phi) is 12.8. The van der Waals surface area contributed by atoms with Crippen LogP contribution in [0, 0.1) is 34.3 Å². The molecule has 4 fully saturated rings. The zero-order valence-corrected chi connectivity index (χ0v) is 34.6. The summed E-state index contributed by atoms with van der Waals surface area (Å²) in [6.45, 7) is 7.84. The summed E-state index contributed by atoms with van der Waals surface area (Å²) in [7, 11) is 0. The van der Waals surface area contributed by atoms with E-state index in [1.54, 1.807) is 0 Å². The summed E-state index contributed by atoms with van der Waals surface area (Å²) in [5.41, 5.74) is 7.28. The summed E-state index contributed by atoms with van der Waals surface area (Å²) in [6.07, 6.45) is 6.60. The molecule has 4 atom stereocenters. The lowest BCUT2D eigenvalue weighted by atomic mass is 9.65. The molecule has 2 saturated heterocycles. The van der Waals surface area contributed by atoms with E-state index in [0.29, 0.717) is 64.2 Å². The molecule has 2 aliphatic heterocycles. The van der Waals surface area contributed by atoms with E-state index in [0.717, 1.165) is 57.9 Å². The second-order valence-electron chi connectivity index (χ2n) is 16.6. The molecule has 20 heteroatoms. The highest BCUT2D eigenvalue weighted by atomic mass is 32.2. The summed E-state index contributed by atoms with van der Waals surface area (Å²) in [6, 6.07) is 0. The van der Waals surface area contributed by atoms with Crippen molar-refractivity contribution in [1.82, 2.24) is 19.1 Å². The molecule has 2 aromatic heterocycles. The van der Waals surface area contributed by atoms with Gasteiger partial charge in [0.1, 0.15) is 12.5 Å². The summed E-state index contributed by atoms with van der Waals surface area (Å²) in [5.74, 6) is -9.30. The maximum absolute atomic E-state index is 14.6. The predicted molar refractivity (Wildman–Crippen MR) is 209 cm³/mol. The first kappa shape index (κ1) is 43.7. The third kappa shape index (κ3) is 8.04. The van der Waals surface area contributed by atoms with Gasteiger partial charge in [-0.05, 0) is 50.4 Å². The summed E-state index contributed by atoms with van der Waals surface area (Å²) >= 11 is 1.96. The number of aromatic nitrogens is 4. The van der Waals surface area contributed by atoms with Crippen molar-refractivity contribution in [2.24, 2.45) is 22.7 Å². The summed E-state index contributed by atoms with van der Waals surface area (Å²) in [4.78, 5) is 85.0. The second kappa shape index (κ2) is 17.0. The van der Waals surface area contributed by atoms with Crippen molar-refractivity contribution < 1.29 is 46.9 Å². The molecule has 0 unspecified atom stereocenters. The van der Waals surface area contributed by atoms with Crippen molar-refractivity contribution in [3.63, 3.8) is 0 Å². The minimum absolute atomic E-state index is 0.0286. The van der Waals surface area contributed by atoms with Gasteiger partial charge in [-0.1, -0.05) is 66.2 Å². The second-order valence-corrected chi connectivity index (χ2v) is 19.0. The number of nitrogens with zero attached hydrogens (tertiary/aromatic N) is 4. The first-order valence-corrected chi connectivity index (χ1v) is 21.6. The minimum atomic E-state index is -1.95. The highest BCUT2D eigenvalue weighted by molar-refractivity contribution is 8.01. The molecule has 2 saturated carbocycles. The molecule has 0 spiro atoms. The number of esters is 4. The van der Waals surface area contributed by atoms with E-state index in [-0.39, 0.29) is 23.3 Å². The van der Waals surface area contributed by atoms with E-state index in [1.807, 2.05) is 27.7 Å². The van der Waals surface area contributed by atoms with Gasteiger partial charge in [-0.3, -0.25) is 9.13 Å². The average Bonchev–Trinajstić information content (AvgIpc) is 3.83. The van der Waals surface area contributed by atoms with Gasteiger partial charge >= 0.3 is 35.3 Å². The quantitative estimate of drug-likeness (QED) is 0.182. The van der Waals surface area contributed by atoms with Crippen LogP contribution in [0.2, 0.25) is 0 Å². The van der Waals surface area contributed by atoms with Crippen LogP contribution in [0.5, 0.6) is 0 Å². The van der Waals surface area contributed by atoms with Crippen LogP contribution < -0.4 is 22.8 Å². The van der Waals surface area contributed by atoms with Crippen molar-refractivity contribution in [3.05, 3.63) is 45.0 Å². The minimum Gasteiger partial charge on any atom is -0.382 e. The van der Waals surface area contributed by atoms with Gasteiger partial charge in [0.05, 0.1) is 12.4 Å². The largest absolute Gasteiger partial charge is 0.425 e. The zero-order chi connectivity index (χ0) is 42.2. The molecule has 0 amide bonds. The van der Waals surface area contributed by atoms with Crippen molar-refractivity contribution in [2.45, 2.75) is 127 Å². The molecule has 0 bridgehead atoms. The molecular formula is C38H50F2N6O10S2. The lowest BCUT2D eigenvalue weighted by Gasteiger charge is -2.48. The zero-order valence-electron chi connectivity index (χ0n) is 33.0. The van der Waals surface area contributed by atoms with Crippen LogP contribution in [0.4, 0.5) is 20.4 Å². The van der Waals surface area contributed by atoms with Gasteiger partial charge in [0.15, 0.2) is 23.3 Å². The number of hydrogen-bond acceptors (Lipinski definition) is 16. The fraction of sp³-hybridized carbons (Fsp3) is 0.684. The number of ether oxygens (including phenoxy) is 4. The highest BCUT2D eigenvalue weighted by Gasteiger charge is 2.66. The summed E-state index contributed by atoms with van der Waals surface area (Å²) in [5, 5.41) is 0. The molecule has 16 nitrogen and oxygen atoms in total. The van der Waals surface area contributed by atoms with Crippen LogP contribution in [0.3, 0.4) is 0 Å². The van der Waals surface area contributed by atoms with E-state index >= 15 is 0 Å². The van der Waals surface area contributed by atoms with E-state index < -0.39 is 91.7 Å². The normalized spacial score (nSPS) is 26.8. The fourth-order valence-electron chi connectivity index (χ4n) is 9.44. The van der Waals surface area contributed by atoms with Crippen LogP contribution in [-0.4, -0.2) is 64.4 Å². The fourth-order valence-corrected chi connectivity index (χ4v) is 12.5. The lowest BCUT2D eigenvalue weighted by Crippen LogP contribution is -2.56. The molecule has 318 valence electrons. The number of thioether (sulfide) groups is 2. The molecule has 2 aromatic rings. The average molecular weight is 853 g/mol. The van der Waals surface area contributed by atoms with Gasteiger partial charge in [-0.2, -0.15) is 9.97 Å². The maximum Gasteiger partial charge on any atom is 0.425 e. The van der Waals surface area contributed by atoms with Gasteiger partial charge in [0.25, 0.3) is 0 Å². The number of nitrogens with two attached hydrogens (primary N) is 2. The van der Waals surface area contributed by atoms with E-state index in [2.05, 4.69) is 9.97 Å². The molecular weight excluding hydrogens is 803 g/mol. The number of rotatable bonds is 10. The third-order valence-corrected chi connectivity index (χ3v) is 14.8. The Morgan fingerprint density at radius 3 is 1.38 bits per heavy atom. The van der Waals surface area contributed by atoms with Crippen molar-refractivity contribution >= 4 is 59.0 Å². The number of carbonyl (C=O) groups is 4. The Balaban J connectivity index is 1.30. The maximum atomic E-state index is 14.6. The number of hydrogen-bond donors (Lipinski definition) is 2. The Morgan fingerprint density at radius 1 is 0.707 bits per heavy atom. The van der Waals surface area contributed by atoms with Crippen molar-refractivity contribution in [1.29, 1.82) is 0 Å². The van der Waals surface area contributed by atoms with Crippen LogP contribution >= 0.6 is 23.5 Å². The molecule has 0 radical (unpaired) electrons. The molecule has 4 heterocycles. The molecule has 2 aliphatic carbocycles. The van der Waals surface area contributed by atoms with Crippen molar-refractivity contribution in [3.8, 4) is 0 Å². The van der Waals surface area contributed by atoms with Crippen LogP contribution in [0.15, 0.2) is 22.0 Å². The summed E-state index contributed by atoms with van der Waals surface area (Å²) < 4.78 is 54.3. The van der Waals surface area contributed by atoms with Gasteiger partial charge in [-0.25, -0.2) is 37.5 Å². The molecule has 58 heavy (non-hydrogen) atoms. The van der Waals surface area contributed by atoms with Crippen molar-refractivity contribution in [2.75, 3.05) is 23.0 Å². The van der Waals surface area contributed by atoms with Gasteiger partial charge in [-0.15, -0.1) is 23.5 Å². The first-order valence-electron chi connectivity index (χ1n) is 19.6. The molecule has 4 aliphatic rings. The standard InChI is InChI=1S/C38H50F2N6O10S2/c1-21(2)15-35(11-7-5-8-12-35)37(55-25(19-57-37)45-17-23(39)27(41)43-33(45)51)31(49)53-29(47)30(48)54-32(50)38(36(16-22(3)4)13-9-6-10-14-36)56-26(20-58-38)46-18-24(40)28(42)44-34(46)52/h17-18,21-22,25-26H,5-16,19-20H2,1-4H3,(H2,41,43,51)(H2,42,44,52)/t25-,26-,37-,38-/m0/s1. The third-order valence-electron chi connectivity index (χ3n) is 11.6. The van der Waals surface area contributed by atoms with Gasteiger partial charge in [0, 0.05) is 22.3 Å². The van der Waals surface area contributed by atoms with Crippen LogP contribution in [0.1, 0.15) is 117 Å². The smallest absolute Gasteiger partial charge is 0.382 e. The Morgan fingerprint density at radius 2 is 1.05 bits per heavy atom. The van der Waals surface area contributed by atoms with Crippen LogP contribution in [-0.2, 0) is 38.1 Å². The SMILES string of the molecule is CC(C)CC1([C@@]2(C(=O)OC(=O)C(=O)OC(=O)[C@]3(C4(CC(C)C)CCCCC4)O[C@H](n4cc(F)c(N)nc4=O)CS3)O[C@H](n3cc(F)c(N)nc3=O)CS2)CCCCC1. The van der Waals surface area contributed by atoms with Gasteiger partial charge < -0.3 is 30.4 Å². The number of halogens is 2. The molecule has 4 N–H and O–H groups in total. The van der Waals surface area contributed by atoms with E-state index in [1.165, 1.54) is 0 Å². The topological polar surface area (TPSA) is 227 Å². The first-order chi connectivity index (χ1) is 27.4.